The number of para-hydroxylation sites is 2. The Bertz CT molecular complexity index is 842. The van der Waals surface area contributed by atoms with Gasteiger partial charge in [0, 0.05) is 32.6 Å². The Kier molecular flexibility index (Phi) is 4.68. The Morgan fingerprint density at radius 2 is 1.84 bits per heavy atom. The van der Waals surface area contributed by atoms with Crippen LogP contribution in [0, 0.1) is 0 Å². The van der Waals surface area contributed by atoms with Gasteiger partial charge in [-0.3, -0.25) is 4.90 Å². The standard InChI is InChI=1S/C20H23N3O2/c24-13-14-25-17-7-5-16(6-8-17)15-22-10-9-20-21-18-3-1-2-4-19(18)23(20)12-11-22/h1-8,24H,9-15H2. The maximum atomic E-state index is 8.81. The number of ether oxygens (including phenoxy) is 1. The van der Waals surface area contributed by atoms with Crippen molar-refractivity contribution >= 4 is 11.0 Å². The molecule has 0 fully saturated rings. The Balaban J connectivity index is 1.41. The predicted octanol–water partition coefficient (Wildman–Crippen LogP) is 2.47. The number of aliphatic hydroxyl groups is 1. The van der Waals surface area contributed by atoms with E-state index in [1.807, 2.05) is 12.1 Å². The summed E-state index contributed by atoms with van der Waals surface area (Å²) >= 11 is 0. The number of nitrogens with zero attached hydrogens (tertiary/aromatic N) is 3. The minimum Gasteiger partial charge on any atom is -0.491 e. The van der Waals surface area contributed by atoms with Crippen LogP contribution in [0.3, 0.4) is 0 Å². The zero-order chi connectivity index (χ0) is 17.1. The highest BCUT2D eigenvalue weighted by Gasteiger charge is 2.17. The molecule has 1 aromatic heterocycles. The van der Waals surface area contributed by atoms with E-state index in [4.69, 9.17) is 14.8 Å². The third-order valence-electron chi connectivity index (χ3n) is 4.71. The first-order valence-corrected chi connectivity index (χ1v) is 8.82. The Hall–Kier alpha value is -2.37. The Labute approximate surface area is 147 Å². The van der Waals surface area contributed by atoms with Gasteiger partial charge in [-0.05, 0) is 29.8 Å². The van der Waals surface area contributed by atoms with Crippen LogP contribution in [0.15, 0.2) is 48.5 Å². The summed E-state index contributed by atoms with van der Waals surface area (Å²) in [6.45, 7) is 4.34. The molecule has 1 aliphatic rings. The van der Waals surface area contributed by atoms with E-state index in [-0.39, 0.29) is 6.61 Å². The summed E-state index contributed by atoms with van der Waals surface area (Å²) in [5, 5.41) is 8.81. The number of benzene rings is 2. The minimum absolute atomic E-state index is 0.0407. The van der Waals surface area contributed by atoms with E-state index in [0.29, 0.717) is 6.61 Å². The molecule has 0 aliphatic carbocycles. The zero-order valence-electron chi connectivity index (χ0n) is 14.3. The van der Waals surface area contributed by atoms with Gasteiger partial charge in [0.05, 0.1) is 17.6 Å². The van der Waals surface area contributed by atoms with Gasteiger partial charge in [0.25, 0.3) is 0 Å². The second-order valence-electron chi connectivity index (χ2n) is 6.41. The van der Waals surface area contributed by atoms with E-state index in [1.165, 1.54) is 16.9 Å². The van der Waals surface area contributed by atoms with E-state index in [0.717, 1.165) is 43.9 Å². The van der Waals surface area contributed by atoms with Gasteiger partial charge < -0.3 is 14.4 Å². The molecule has 0 unspecified atom stereocenters. The van der Waals surface area contributed by atoms with E-state index < -0.39 is 0 Å². The van der Waals surface area contributed by atoms with Crippen molar-refractivity contribution in [3.63, 3.8) is 0 Å². The van der Waals surface area contributed by atoms with Gasteiger partial charge in [-0.15, -0.1) is 0 Å². The van der Waals surface area contributed by atoms with E-state index in [1.54, 1.807) is 0 Å². The zero-order valence-corrected chi connectivity index (χ0v) is 14.3. The van der Waals surface area contributed by atoms with Crippen molar-refractivity contribution in [2.75, 3.05) is 26.3 Å². The molecule has 130 valence electrons. The van der Waals surface area contributed by atoms with Gasteiger partial charge in [0.2, 0.25) is 0 Å². The topological polar surface area (TPSA) is 50.5 Å². The van der Waals surface area contributed by atoms with Crippen molar-refractivity contribution in [1.29, 1.82) is 0 Å². The first-order chi connectivity index (χ1) is 12.3. The first kappa shape index (κ1) is 16.1. The molecule has 4 rings (SSSR count). The maximum absolute atomic E-state index is 8.81. The van der Waals surface area contributed by atoms with Crippen molar-refractivity contribution in [2.45, 2.75) is 19.5 Å². The smallest absolute Gasteiger partial charge is 0.119 e. The summed E-state index contributed by atoms with van der Waals surface area (Å²) in [4.78, 5) is 7.27. The van der Waals surface area contributed by atoms with Crippen LogP contribution in [0.4, 0.5) is 0 Å². The third kappa shape index (κ3) is 3.52. The van der Waals surface area contributed by atoms with Crippen molar-refractivity contribution < 1.29 is 9.84 Å². The molecule has 2 aromatic carbocycles. The lowest BCUT2D eigenvalue weighted by molar-refractivity contribution is 0.201. The molecule has 0 saturated carbocycles. The second-order valence-corrected chi connectivity index (χ2v) is 6.41. The molecule has 0 spiro atoms. The predicted molar refractivity (Wildman–Crippen MR) is 97.7 cm³/mol. The van der Waals surface area contributed by atoms with Crippen LogP contribution >= 0.6 is 0 Å². The summed E-state index contributed by atoms with van der Waals surface area (Å²) in [6.07, 6.45) is 0.979. The fourth-order valence-electron chi connectivity index (χ4n) is 3.45. The molecule has 0 saturated heterocycles. The SMILES string of the molecule is OCCOc1ccc(CN2CCc3nc4ccccc4n3CC2)cc1. The maximum Gasteiger partial charge on any atom is 0.119 e. The lowest BCUT2D eigenvalue weighted by Crippen LogP contribution is -2.26. The molecule has 25 heavy (non-hydrogen) atoms. The van der Waals surface area contributed by atoms with E-state index in [2.05, 4.69) is 45.9 Å². The summed E-state index contributed by atoms with van der Waals surface area (Å²) in [6, 6.07) is 16.5. The highest BCUT2D eigenvalue weighted by atomic mass is 16.5. The molecule has 0 bridgehead atoms. The third-order valence-corrected chi connectivity index (χ3v) is 4.71. The fourth-order valence-corrected chi connectivity index (χ4v) is 3.45. The minimum atomic E-state index is 0.0407. The molecular weight excluding hydrogens is 314 g/mol. The molecule has 0 atom stereocenters. The summed E-state index contributed by atoms with van der Waals surface area (Å²) in [5.41, 5.74) is 3.62. The largest absolute Gasteiger partial charge is 0.491 e. The van der Waals surface area contributed by atoms with Crippen LogP contribution in [-0.4, -0.2) is 45.9 Å². The molecule has 0 amide bonds. The number of fused-ring (bicyclic) bond motifs is 3. The van der Waals surface area contributed by atoms with Crippen LogP contribution in [0.25, 0.3) is 11.0 Å². The summed E-state index contributed by atoms with van der Waals surface area (Å²) < 4.78 is 7.78. The normalized spacial score (nSPS) is 15.1. The van der Waals surface area contributed by atoms with E-state index >= 15 is 0 Å². The molecule has 2 heterocycles. The highest BCUT2D eigenvalue weighted by molar-refractivity contribution is 5.75. The molecule has 5 nitrogen and oxygen atoms in total. The highest BCUT2D eigenvalue weighted by Crippen LogP contribution is 2.20. The number of aliphatic hydroxyl groups excluding tert-OH is 1. The molecule has 1 N–H and O–H groups in total. The molecule has 5 heteroatoms. The summed E-state index contributed by atoms with van der Waals surface area (Å²) in [5.74, 6) is 2.00. The Morgan fingerprint density at radius 3 is 2.68 bits per heavy atom. The summed E-state index contributed by atoms with van der Waals surface area (Å²) in [7, 11) is 0. The quantitative estimate of drug-likeness (QED) is 0.777. The van der Waals surface area contributed by atoms with E-state index in [9.17, 15) is 0 Å². The lowest BCUT2D eigenvalue weighted by atomic mass is 10.2. The average Bonchev–Trinajstić information content (AvgIpc) is 2.89. The first-order valence-electron chi connectivity index (χ1n) is 8.82. The number of imidazole rings is 1. The van der Waals surface area contributed by atoms with Gasteiger partial charge in [0.1, 0.15) is 18.2 Å². The number of aromatic nitrogens is 2. The fraction of sp³-hybridized carbons (Fsp3) is 0.350. The van der Waals surface area contributed by atoms with Gasteiger partial charge in [0.15, 0.2) is 0 Å². The number of hydrogen-bond acceptors (Lipinski definition) is 4. The van der Waals surface area contributed by atoms with Crippen molar-refractivity contribution in [3.05, 3.63) is 59.9 Å². The molecule has 3 aromatic rings. The second kappa shape index (κ2) is 7.25. The number of hydrogen-bond donors (Lipinski definition) is 1. The van der Waals surface area contributed by atoms with Gasteiger partial charge >= 0.3 is 0 Å². The van der Waals surface area contributed by atoms with Crippen LogP contribution in [-0.2, 0) is 19.5 Å². The van der Waals surface area contributed by atoms with Crippen molar-refractivity contribution in [3.8, 4) is 5.75 Å². The molecular formula is C20H23N3O2. The lowest BCUT2D eigenvalue weighted by Gasteiger charge is -2.19. The number of rotatable bonds is 5. The monoisotopic (exact) mass is 337 g/mol. The van der Waals surface area contributed by atoms with Crippen LogP contribution in [0.5, 0.6) is 5.75 Å². The van der Waals surface area contributed by atoms with Crippen LogP contribution in [0.2, 0.25) is 0 Å². The molecule has 0 radical (unpaired) electrons. The van der Waals surface area contributed by atoms with Crippen molar-refractivity contribution in [2.24, 2.45) is 0 Å². The average molecular weight is 337 g/mol. The van der Waals surface area contributed by atoms with Crippen LogP contribution in [0.1, 0.15) is 11.4 Å². The van der Waals surface area contributed by atoms with Crippen LogP contribution < -0.4 is 4.74 Å². The Morgan fingerprint density at radius 1 is 1.00 bits per heavy atom. The van der Waals surface area contributed by atoms with Crippen molar-refractivity contribution in [1.82, 2.24) is 14.5 Å². The molecule has 1 aliphatic heterocycles. The van der Waals surface area contributed by atoms with Gasteiger partial charge in [-0.2, -0.15) is 0 Å². The van der Waals surface area contributed by atoms with Gasteiger partial charge in [-0.25, -0.2) is 4.98 Å². The van der Waals surface area contributed by atoms with Gasteiger partial charge in [-0.1, -0.05) is 24.3 Å².